The molecule has 1 radical (unpaired) electrons. The van der Waals surface area contributed by atoms with E-state index >= 15 is 0 Å². The van der Waals surface area contributed by atoms with Crippen LogP contribution < -0.4 is 10.9 Å². The fraction of sp³-hybridized carbons (Fsp3) is 0.250. The number of hydrogen-bond donors (Lipinski definition) is 2. The van der Waals surface area contributed by atoms with Gasteiger partial charge < -0.3 is 10.1 Å². The largest absolute Gasteiger partial charge is 0.477 e. The molecule has 13 heavy (non-hydrogen) atoms. The average molecular weight is 178 g/mol. The number of carboxylic acids is 1. The molecule has 0 aliphatic carbocycles. The van der Waals surface area contributed by atoms with Crippen molar-refractivity contribution in [3.05, 3.63) is 27.7 Å². The average Bonchev–Trinajstić information content (AvgIpc) is 2.04. The Kier molecular flexibility index (Phi) is 2.56. The number of aromatic nitrogens is 1. The first-order valence-corrected chi connectivity index (χ1v) is 3.83. The molecule has 1 aromatic rings. The third-order valence-corrected chi connectivity index (χ3v) is 1.85. The van der Waals surface area contributed by atoms with Gasteiger partial charge in [-0.1, -0.05) is 6.82 Å². The minimum Gasteiger partial charge on any atom is -0.477 e. The molecule has 1 aromatic heterocycles. The highest BCUT2D eigenvalue weighted by Crippen LogP contribution is 1.89. The highest BCUT2D eigenvalue weighted by molar-refractivity contribution is 6.52. The van der Waals surface area contributed by atoms with Gasteiger partial charge in [0.05, 0.1) is 0 Å². The number of H-pyrrole nitrogens is 1. The van der Waals surface area contributed by atoms with Gasteiger partial charge in [0.15, 0.2) is 12.7 Å². The van der Waals surface area contributed by atoms with Crippen molar-refractivity contribution in [2.45, 2.75) is 13.7 Å². The summed E-state index contributed by atoms with van der Waals surface area (Å²) in [6.07, 6.45) is 1.22. The van der Waals surface area contributed by atoms with E-state index in [1.807, 2.05) is 0 Å². The lowest BCUT2D eigenvalue weighted by atomic mass is 9.72. The third kappa shape index (κ3) is 1.64. The summed E-state index contributed by atoms with van der Waals surface area (Å²) in [4.78, 5) is 24.7. The predicted molar refractivity (Wildman–Crippen MR) is 50.0 cm³/mol. The fourth-order valence-electron chi connectivity index (χ4n) is 1.15. The summed E-state index contributed by atoms with van der Waals surface area (Å²) in [7, 11) is 1.60. The Morgan fingerprint density at radius 1 is 1.62 bits per heavy atom. The van der Waals surface area contributed by atoms with E-state index < -0.39 is 11.4 Å². The van der Waals surface area contributed by atoms with E-state index in [9.17, 15) is 9.59 Å². The molecule has 67 valence electrons. The Hall–Kier alpha value is -1.52. The van der Waals surface area contributed by atoms with E-state index in [0.29, 0.717) is 11.2 Å². The molecule has 5 heteroatoms. The molecule has 0 bridgehead atoms. The van der Waals surface area contributed by atoms with Gasteiger partial charge in [0.25, 0.3) is 0 Å². The van der Waals surface area contributed by atoms with E-state index in [1.165, 1.54) is 6.20 Å². The number of carboxylic acid groups (broad SMARTS) is 1. The Bertz CT molecular complexity index is 397. The van der Waals surface area contributed by atoms with Crippen LogP contribution in [0.15, 0.2) is 11.0 Å². The maximum atomic E-state index is 11.4. The number of carbonyl (C=O) groups is 1. The molecular formula is C8H9BNO3. The first-order valence-electron chi connectivity index (χ1n) is 3.83. The van der Waals surface area contributed by atoms with Gasteiger partial charge in [0.1, 0.15) is 5.56 Å². The molecule has 0 fully saturated rings. The van der Waals surface area contributed by atoms with Crippen molar-refractivity contribution in [1.82, 2.24) is 4.98 Å². The van der Waals surface area contributed by atoms with Crippen LogP contribution >= 0.6 is 0 Å². The smallest absolute Gasteiger partial charge is 0.341 e. The number of nitrogens with one attached hydrogen (secondary N) is 1. The zero-order valence-electron chi connectivity index (χ0n) is 7.42. The maximum absolute atomic E-state index is 11.4. The van der Waals surface area contributed by atoms with Crippen molar-refractivity contribution >= 4 is 18.7 Å². The van der Waals surface area contributed by atoms with E-state index in [1.54, 1.807) is 21.0 Å². The number of rotatable bonds is 2. The fourth-order valence-corrected chi connectivity index (χ4v) is 1.15. The normalized spacial score (nSPS) is 9.69. The lowest BCUT2D eigenvalue weighted by molar-refractivity contribution is 0.0695. The highest BCUT2D eigenvalue weighted by Gasteiger charge is 2.12. The molecule has 0 aliphatic heterocycles. The molecule has 1 rings (SSSR count). The van der Waals surface area contributed by atoms with Crippen LogP contribution in [0.25, 0.3) is 0 Å². The van der Waals surface area contributed by atoms with E-state index in [0.717, 1.165) is 0 Å². The summed E-state index contributed by atoms with van der Waals surface area (Å²) < 4.78 is 0. The Labute approximate surface area is 75.9 Å². The number of aromatic amines is 1. The second-order valence-electron chi connectivity index (χ2n) is 2.66. The van der Waals surface area contributed by atoms with Crippen LogP contribution in [0, 0.1) is 6.92 Å². The van der Waals surface area contributed by atoms with E-state index in [-0.39, 0.29) is 5.56 Å². The van der Waals surface area contributed by atoms with Crippen LogP contribution in [0.5, 0.6) is 0 Å². The quantitative estimate of drug-likeness (QED) is 0.614. The molecule has 0 aliphatic rings. The molecule has 2 N–H and O–H groups in total. The van der Waals surface area contributed by atoms with Crippen LogP contribution in [0.3, 0.4) is 0 Å². The zero-order valence-corrected chi connectivity index (χ0v) is 7.42. The van der Waals surface area contributed by atoms with Gasteiger partial charge in [0.2, 0.25) is 0 Å². The molecule has 0 amide bonds. The molecule has 0 saturated carbocycles. The standard InChI is InChI=1S/C8H9BNO3/c1-4-6(9-2)7(11)5(3-10-4)8(12)13/h3H,1-2H3,(H,10,11)(H,12,13). The predicted octanol–water partition coefficient (Wildman–Crippen LogP) is -0.241. The second kappa shape index (κ2) is 3.47. The van der Waals surface area contributed by atoms with Crippen molar-refractivity contribution in [3.8, 4) is 0 Å². The third-order valence-electron chi connectivity index (χ3n) is 1.85. The molecule has 0 aromatic carbocycles. The monoisotopic (exact) mass is 178 g/mol. The maximum Gasteiger partial charge on any atom is 0.341 e. The first kappa shape index (κ1) is 9.57. The Balaban J connectivity index is 3.45. The molecule has 0 unspecified atom stereocenters. The van der Waals surface area contributed by atoms with Crippen LogP contribution in [-0.2, 0) is 0 Å². The minimum absolute atomic E-state index is 0.223. The van der Waals surface area contributed by atoms with Gasteiger partial charge in [-0.05, 0) is 12.4 Å². The summed E-state index contributed by atoms with van der Waals surface area (Å²) in [5.74, 6) is -1.20. The molecule has 0 atom stereocenters. The lowest BCUT2D eigenvalue weighted by Crippen LogP contribution is -2.36. The molecule has 0 spiro atoms. The van der Waals surface area contributed by atoms with E-state index in [2.05, 4.69) is 4.98 Å². The first-order chi connectivity index (χ1) is 6.07. The summed E-state index contributed by atoms with van der Waals surface area (Å²) in [5, 5.41) is 8.64. The van der Waals surface area contributed by atoms with Crippen molar-refractivity contribution in [1.29, 1.82) is 0 Å². The number of pyridine rings is 1. The second-order valence-corrected chi connectivity index (χ2v) is 2.66. The van der Waals surface area contributed by atoms with Gasteiger partial charge in [-0.25, -0.2) is 4.79 Å². The van der Waals surface area contributed by atoms with Crippen LogP contribution in [0.1, 0.15) is 16.1 Å². The topological polar surface area (TPSA) is 70.2 Å². The molecule has 4 nitrogen and oxygen atoms in total. The Morgan fingerprint density at radius 3 is 2.69 bits per heavy atom. The van der Waals surface area contributed by atoms with Gasteiger partial charge in [-0.3, -0.25) is 4.79 Å². The summed E-state index contributed by atoms with van der Waals surface area (Å²) in [5.41, 5.74) is 0.433. The summed E-state index contributed by atoms with van der Waals surface area (Å²) in [6.45, 7) is 3.42. The highest BCUT2D eigenvalue weighted by atomic mass is 16.4. The van der Waals surface area contributed by atoms with Crippen molar-refractivity contribution in [2.24, 2.45) is 0 Å². The number of aromatic carboxylic acids is 1. The van der Waals surface area contributed by atoms with Gasteiger partial charge >= 0.3 is 5.97 Å². The van der Waals surface area contributed by atoms with Gasteiger partial charge in [-0.2, -0.15) is 0 Å². The van der Waals surface area contributed by atoms with Crippen molar-refractivity contribution in [2.75, 3.05) is 0 Å². The number of aryl methyl sites for hydroxylation is 1. The van der Waals surface area contributed by atoms with E-state index in [4.69, 9.17) is 5.11 Å². The molecule has 0 saturated heterocycles. The summed E-state index contributed by atoms with van der Waals surface area (Å²) >= 11 is 0. The summed E-state index contributed by atoms with van der Waals surface area (Å²) in [6, 6.07) is 0. The minimum atomic E-state index is -1.20. The van der Waals surface area contributed by atoms with Crippen LogP contribution in [0.2, 0.25) is 6.82 Å². The van der Waals surface area contributed by atoms with Gasteiger partial charge in [-0.15, -0.1) is 0 Å². The van der Waals surface area contributed by atoms with Crippen molar-refractivity contribution < 1.29 is 9.90 Å². The van der Waals surface area contributed by atoms with Crippen LogP contribution in [0.4, 0.5) is 0 Å². The molecule has 1 heterocycles. The van der Waals surface area contributed by atoms with Crippen LogP contribution in [-0.4, -0.2) is 23.3 Å². The number of hydrogen-bond acceptors (Lipinski definition) is 2. The Morgan fingerprint density at radius 2 is 2.23 bits per heavy atom. The lowest BCUT2D eigenvalue weighted by Gasteiger charge is -2.02. The zero-order chi connectivity index (χ0) is 10.0. The molecular weight excluding hydrogens is 169 g/mol. The van der Waals surface area contributed by atoms with Crippen molar-refractivity contribution in [3.63, 3.8) is 0 Å². The van der Waals surface area contributed by atoms with Gasteiger partial charge in [0, 0.05) is 11.9 Å². The SMILES string of the molecule is C[B]c1c(C)[nH]cc(C(=O)O)c1=O.